The van der Waals surface area contributed by atoms with E-state index in [1.54, 1.807) is 12.1 Å². The molecule has 9 heteroatoms. The summed E-state index contributed by atoms with van der Waals surface area (Å²) in [5.74, 6) is 1.71. The molecule has 0 amide bonds. The summed E-state index contributed by atoms with van der Waals surface area (Å²) in [6.45, 7) is 2.16. The second-order valence-electron chi connectivity index (χ2n) is 12.1. The van der Waals surface area contributed by atoms with E-state index in [0.717, 1.165) is 30.0 Å². The van der Waals surface area contributed by atoms with Gasteiger partial charge in [0.25, 0.3) is 16.9 Å². The van der Waals surface area contributed by atoms with Crippen molar-refractivity contribution in [3.05, 3.63) is 153 Å². The number of rotatable bonds is 6. The van der Waals surface area contributed by atoms with E-state index in [0.29, 0.717) is 40.5 Å². The van der Waals surface area contributed by atoms with Gasteiger partial charge in [0.15, 0.2) is 7.26 Å². The molecule has 8 rings (SSSR count). The number of pyridine rings is 1. The van der Waals surface area contributed by atoms with E-state index in [4.69, 9.17) is 32.6 Å². The molecule has 0 spiro atoms. The summed E-state index contributed by atoms with van der Waals surface area (Å²) in [6, 6.07) is 43.2. The minimum absolute atomic E-state index is 0. The number of aromatic nitrogens is 2. The molecule has 0 aliphatic carbocycles. The van der Waals surface area contributed by atoms with Crippen molar-refractivity contribution in [1.29, 1.82) is 0 Å². The van der Waals surface area contributed by atoms with Crippen molar-refractivity contribution in [1.82, 2.24) is 9.55 Å². The van der Waals surface area contributed by atoms with Crippen molar-refractivity contribution in [2.45, 2.75) is 18.9 Å². The zero-order valence-electron chi connectivity index (χ0n) is 25.3. The summed E-state index contributed by atoms with van der Waals surface area (Å²) in [6.07, 6.45) is 1.04. The van der Waals surface area contributed by atoms with Crippen LogP contribution in [0.3, 0.4) is 0 Å². The first-order valence-electron chi connectivity index (χ1n) is 15.5. The summed E-state index contributed by atoms with van der Waals surface area (Å²) < 4.78 is 8.92. The van der Waals surface area contributed by atoms with Crippen LogP contribution < -0.4 is 44.2 Å². The fourth-order valence-electron chi connectivity index (χ4n) is 7.34. The van der Waals surface area contributed by atoms with E-state index < -0.39 is 7.26 Å². The summed E-state index contributed by atoms with van der Waals surface area (Å²) in [5.41, 5.74) is 2.76. The molecule has 2 aromatic heterocycles. The molecule has 2 bridgehead atoms. The van der Waals surface area contributed by atoms with Crippen LogP contribution >= 0.6 is 30.5 Å². The lowest BCUT2D eigenvalue weighted by molar-refractivity contribution is -0.00000932. The lowest BCUT2D eigenvalue weighted by Crippen LogP contribution is -3.00. The highest BCUT2D eigenvalue weighted by Gasteiger charge is 2.54. The molecular formula is C38H31Cl3N3O2P. The molecule has 0 N–H and O–H groups in total. The molecule has 2 unspecified atom stereocenters. The quantitative estimate of drug-likeness (QED) is 0.247. The van der Waals surface area contributed by atoms with Gasteiger partial charge in [-0.1, -0.05) is 83.9 Å². The van der Waals surface area contributed by atoms with Crippen molar-refractivity contribution in [2.75, 3.05) is 18.0 Å². The van der Waals surface area contributed by atoms with Crippen LogP contribution in [-0.2, 0) is 6.54 Å². The monoisotopic (exact) mass is 697 g/mol. The maximum Gasteiger partial charge on any atom is 0.262 e. The van der Waals surface area contributed by atoms with Crippen LogP contribution in [0.4, 0.5) is 5.88 Å². The van der Waals surface area contributed by atoms with E-state index >= 15 is 0 Å². The maximum atomic E-state index is 12.8. The topological polar surface area (TPSA) is 51.3 Å². The molecule has 5 nitrogen and oxygen atoms in total. The SMILES string of the molecule is O=c1cccc2n1CC1CC2CN(c2oc(-c3ccc(Cl)cc3Cl)nc2[P+](c2ccccc2)(c2ccccc2)c2ccccc2)C1.[Cl-]. The van der Waals surface area contributed by atoms with Gasteiger partial charge in [0.1, 0.15) is 15.9 Å². The minimum Gasteiger partial charge on any atom is -1.00 e. The lowest BCUT2D eigenvalue weighted by Gasteiger charge is -2.42. The van der Waals surface area contributed by atoms with E-state index in [2.05, 4.69) is 102 Å². The highest BCUT2D eigenvalue weighted by molar-refractivity contribution is 8.01. The third-order valence-corrected chi connectivity index (χ3v) is 14.0. The van der Waals surface area contributed by atoms with Crippen molar-refractivity contribution in [3.63, 3.8) is 0 Å². The average molecular weight is 699 g/mol. The van der Waals surface area contributed by atoms with Gasteiger partial charge in [-0.15, -0.1) is 0 Å². The van der Waals surface area contributed by atoms with Crippen molar-refractivity contribution < 1.29 is 16.8 Å². The number of hydrogen-bond donors (Lipinski definition) is 0. The number of piperidine rings is 1. The molecule has 6 aromatic rings. The fourth-order valence-corrected chi connectivity index (χ4v) is 12.0. The third-order valence-electron chi connectivity index (χ3n) is 9.27. The molecule has 47 heavy (non-hydrogen) atoms. The highest BCUT2D eigenvalue weighted by Crippen LogP contribution is 2.57. The Balaban J connectivity index is 0.00000351. The number of nitrogens with zero attached hydrogens (tertiary/aromatic N) is 3. The first-order chi connectivity index (χ1) is 22.5. The molecule has 1 fully saturated rings. The second-order valence-corrected chi connectivity index (χ2v) is 16.2. The zero-order valence-corrected chi connectivity index (χ0v) is 28.5. The van der Waals surface area contributed by atoms with E-state index in [1.165, 1.54) is 15.9 Å². The van der Waals surface area contributed by atoms with Crippen molar-refractivity contribution in [2.24, 2.45) is 5.92 Å². The number of hydrogen-bond acceptors (Lipinski definition) is 4. The van der Waals surface area contributed by atoms with Gasteiger partial charge >= 0.3 is 0 Å². The number of anilines is 1. The van der Waals surface area contributed by atoms with E-state index in [-0.39, 0.29) is 23.9 Å². The van der Waals surface area contributed by atoms with Crippen LogP contribution in [0.2, 0.25) is 10.0 Å². The predicted octanol–water partition coefficient (Wildman–Crippen LogP) is 4.06. The number of benzene rings is 4. The summed E-state index contributed by atoms with van der Waals surface area (Å²) in [7, 11) is -2.61. The highest BCUT2D eigenvalue weighted by atomic mass is 35.5. The Morgan fingerprint density at radius 2 is 1.34 bits per heavy atom. The molecule has 1 saturated heterocycles. The maximum absolute atomic E-state index is 12.8. The molecule has 4 heterocycles. The predicted molar refractivity (Wildman–Crippen MR) is 191 cm³/mol. The Labute approximate surface area is 290 Å². The van der Waals surface area contributed by atoms with Gasteiger partial charge in [-0.25, -0.2) is 0 Å². The van der Waals surface area contributed by atoms with Gasteiger partial charge in [-0.3, -0.25) is 4.79 Å². The number of fused-ring (bicyclic) bond motifs is 4. The Bertz CT molecular complexity index is 1990. The van der Waals surface area contributed by atoms with Gasteiger partial charge in [-0.2, -0.15) is 4.98 Å². The van der Waals surface area contributed by atoms with E-state index in [1.807, 2.05) is 22.8 Å². The zero-order chi connectivity index (χ0) is 31.3. The molecule has 2 aliphatic rings. The summed E-state index contributed by atoms with van der Waals surface area (Å²) in [5, 5.41) is 4.59. The summed E-state index contributed by atoms with van der Waals surface area (Å²) in [4.78, 5) is 20.7. The molecule has 2 aliphatic heterocycles. The first-order valence-corrected chi connectivity index (χ1v) is 18.0. The van der Waals surface area contributed by atoms with Crippen LogP contribution in [0.15, 0.2) is 137 Å². The molecular weight excluding hydrogens is 668 g/mol. The van der Waals surface area contributed by atoms with Crippen molar-refractivity contribution in [3.8, 4) is 11.5 Å². The standard InChI is InChI=1S/C38H31Cl2N3O2P.ClH/c39-28-19-20-32(33(40)22-28)36-41-37(38(45-36)42-23-26-21-27(25-42)34-17-10-18-35(44)43(34)24-26)46(29-11-4-1-5-12-29,30-13-6-2-7-14-30)31-15-8-3-9-16-31;/h1-20,22,26-27H,21,23-25H2;1H/q+1;/p-1. The third kappa shape index (κ3) is 5.50. The van der Waals surface area contributed by atoms with Gasteiger partial charge in [0.2, 0.25) is 5.89 Å². The molecule has 236 valence electrons. The Kier molecular flexibility index (Phi) is 8.76. The average Bonchev–Trinajstić information content (AvgIpc) is 3.52. The molecule has 0 saturated carbocycles. The number of halogens is 3. The van der Waals surface area contributed by atoms with Gasteiger partial charge in [-0.05, 0) is 73.0 Å². The Morgan fingerprint density at radius 1 is 0.723 bits per heavy atom. The molecule has 4 aromatic carbocycles. The van der Waals surface area contributed by atoms with Crippen LogP contribution in [0.5, 0.6) is 0 Å². The molecule has 0 radical (unpaired) electrons. The molecule has 2 atom stereocenters. The number of oxazole rings is 1. The van der Waals surface area contributed by atoms with Gasteiger partial charge in [0.05, 0.1) is 10.6 Å². The van der Waals surface area contributed by atoms with Crippen LogP contribution in [-0.4, -0.2) is 22.6 Å². The van der Waals surface area contributed by atoms with Crippen LogP contribution in [0.1, 0.15) is 18.0 Å². The Morgan fingerprint density at radius 3 is 1.94 bits per heavy atom. The minimum atomic E-state index is -2.61. The van der Waals surface area contributed by atoms with Crippen LogP contribution in [0.25, 0.3) is 11.5 Å². The smallest absolute Gasteiger partial charge is 0.262 e. The van der Waals surface area contributed by atoms with Crippen molar-refractivity contribution >= 4 is 57.7 Å². The van der Waals surface area contributed by atoms with Gasteiger partial charge in [0, 0.05) is 42.3 Å². The van der Waals surface area contributed by atoms with Gasteiger partial charge < -0.3 is 26.3 Å². The van der Waals surface area contributed by atoms with Crippen LogP contribution in [0, 0.1) is 5.92 Å². The largest absolute Gasteiger partial charge is 1.00 e. The normalized spacial score (nSPS) is 17.1. The fraction of sp³-hybridized carbons (Fsp3) is 0.158. The van der Waals surface area contributed by atoms with E-state index in [9.17, 15) is 4.79 Å². The first kappa shape index (κ1) is 31.7. The lowest BCUT2D eigenvalue weighted by atomic mass is 9.83. The Hall–Kier alpha value is -3.86. The second kappa shape index (κ2) is 13.0. The summed E-state index contributed by atoms with van der Waals surface area (Å²) >= 11 is 13.1.